The van der Waals surface area contributed by atoms with Gasteiger partial charge in [0.25, 0.3) is 0 Å². The van der Waals surface area contributed by atoms with Crippen LogP contribution in [0.4, 0.5) is 0 Å². The molecule has 0 saturated carbocycles. The Morgan fingerprint density at radius 1 is 1.08 bits per heavy atom. The zero-order valence-electron chi connectivity index (χ0n) is 10.0. The Morgan fingerprint density at radius 3 is 1.85 bits per heavy atom. The van der Waals surface area contributed by atoms with Gasteiger partial charge in [0, 0.05) is 11.0 Å². The molecule has 0 radical (unpaired) electrons. The molecule has 2 heteroatoms. The fraction of sp³-hybridized carbons (Fsp3) is 0.909. The van der Waals surface area contributed by atoms with Crippen molar-refractivity contribution in [1.29, 1.82) is 0 Å². The zero-order chi connectivity index (χ0) is 10.7. The molecule has 0 aromatic heterocycles. The zero-order valence-corrected chi connectivity index (χ0v) is 10.8. The fourth-order valence-corrected chi connectivity index (χ4v) is 2.32. The smallest absolute Gasteiger partial charge is 0.0520 e. The first-order valence-electron chi connectivity index (χ1n) is 4.87. The summed E-state index contributed by atoms with van der Waals surface area (Å²) in [6.45, 7) is 15.2. The summed E-state index contributed by atoms with van der Waals surface area (Å²) in [6, 6.07) is 0. The molecule has 0 aliphatic carbocycles. The molecule has 0 bridgehead atoms. The second-order valence-corrected chi connectivity index (χ2v) is 7.43. The predicted octanol–water partition coefficient (Wildman–Crippen LogP) is 3.78. The summed E-state index contributed by atoms with van der Waals surface area (Å²) in [5, 5.41) is 0.654. The van der Waals surface area contributed by atoms with Gasteiger partial charge in [-0.3, -0.25) is 4.99 Å². The van der Waals surface area contributed by atoms with E-state index in [-0.39, 0.29) is 10.3 Å². The lowest BCUT2D eigenvalue weighted by atomic mass is 10.1. The van der Waals surface area contributed by atoms with Crippen LogP contribution in [0, 0.1) is 0 Å². The Hall–Kier alpha value is 0.0200. The molecular weight excluding hydrogens is 178 g/mol. The van der Waals surface area contributed by atoms with Gasteiger partial charge in [0.2, 0.25) is 0 Å². The van der Waals surface area contributed by atoms with Crippen LogP contribution < -0.4 is 0 Å². The van der Waals surface area contributed by atoms with Crippen LogP contribution in [0.25, 0.3) is 0 Å². The lowest BCUT2D eigenvalue weighted by molar-refractivity contribution is 0.583. The third-order valence-corrected chi connectivity index (χ3v) is 2.49. The van der Waals surface area contributed by atoms with E-state index in [1.807, 2.05) is 11.8 Å². The van der Waals surface area contributed by atoms with Crippen molar-refractivity contribution < 1.29 is 0 Å². The van der Waals surface area contributed by atoms with Gasteiger partial charge >= 0.3 is 0 Å². The van der Waals surface area contributed by atoms with Crippen LogP contribution in [0.3, 0.4) is 0 Å². The second kappa shape index (κ2) is 4.50. The summed E-state index contributed by atoms with van der Waals surface area (Å²) in [6.07, 6.45) is 2.08. The van der Waals surface area contributed by atoms with Crippen LogP contribution in [0.15, 0.2) is 4.99 Å². The number of rotatable bonds is 3. The minimum absolute atomic E-state index is 0.0504. The minimum atomic E-state index is 0.0504. The van der Waals surface area contributed by atoms with Crippen molar-refractivity contribution in [2.45, 2.75) is 64.0 Å². The van der Waals surface area contributed by atoms with Crippen LogP contribution >= 0.6 is 11.8 Å². The summed E-state index contributed by atoms with van der Waals surface area (Å²) in [5.41, 5.74) is 0.0504. The number of hydrogen-bond acceptors (Lipinski definition) is 2. The molecular formula is C11H23NS. The van der Waals surface area contributed by atoms with Crippen molar-refractivity contribution in [2.75, 3.05) is 0 Å². The van der Waals surface area contributed by atoms with Crippen LogP contribution in [0.2, 0.25) is 0 Å². The van der Waals surface area contributed by atoms with E-state index in [2.05, 4.69) is 59.7 Å². The highest BCUT2D eigenvalue weighted by atomic mass is 32.2. The van der Waals surface area contributed by atoms with Gasteiger partial charge < -0.3 is 0 Å². The molecule has 0 atom stereocenters. The number of thioether (sulfide) groups is 1. The molecule has 0 rings (SSSR count). The summed E-state index contributed by atoms with van der Waals surface area (Å²) >= 11 is 1.95. The highest BCUT2D eigenvalue weighted by Crippen LogP contribution is 2.27. The average Bonchev–Trinajstić information content (AvgIpc) is 1.79. The predicted molar refractivity (Wildman–Crippen MR) is 65.1 cm³/mol. The maximum Gasteiger partial charge on any atom is 0.0520 e. The topological polar surface area (TPSA) is 12.4 Å². The third kappa shape index (κ3) is 8.35. The Balaban J connectivity index is 4.24. The largest absolute Gasteiger partial charge is 0.290 e. The van der Waals surface area contributed by atoms with E-state index in [1.165, 1.54) is 0 Å². The third-order valence-electron chi connectivity index (χ3n) is 1.30. The molecule has 0 N–H and O–H groups in total. The van der Waals surface area contributed by atoms with E-state index in [9.17, 15) is 0 Å². The van der Waals surface area contributed by atoms with Crippen molar-refractivity contribution in [3.63, 3.8) is 0 Å². The first kappa shape index (κ1) is 13.0. The lowest BCUT2D eigenvalue weighted by Gasteiger charge is -2.23. The molecule has 0 aliphatic rings. The molecule has 1 nitrogen and oxygen atoms in total. The number of aliphatic imine (C=N–C) groups is 1. The molecule has 0 aromatic carbocycles. The highest BCUT2D eigenvalue weighted by Gasteiger charge is 2.18. The molecule has 0 fully saturated rings. The molecule has 0 unspecified atom stereocenters. The Labute approximate surface area is 87.4 Å². The molecule has 0 aromatic rings. The van der Waals surface area contributed by atoms with E-state index < -0.39 is 0 Å². The maximum atomic E-state index is 4.54. The monoisotopic (exact) mass is 201 g/mol. The second-order valence-electron chi connectivity index (χ2n) is 5.20. The van der Waals surface area contributed by atoms with Gasteiger partial charge in [0.05, 0.1) is 5.54 Å². The van der Waals surface area contributed by atoms with E-state index in [1.54, 1.807) is 0 Å². The van der Waals surface area contributed by atoms with Gasteiger partial charge in [-0.25, -0.2) is 0 Å². The average molecular weight is 201 g/mol. The van der Waals surface area contributed by atoms with Crippen LogP contribution in [0.1, 0.15) is 48.5 Å². The quantitative estimate of drug-likeness (QED) is 0.633. The van der Waals surface area contributed by atoms with Gasteiger partial charge in [-0.1, -0.05) is 13.8 Å². The van der Waals surface area contributed by atoms with Crippen molar-refractivity contribution in [3.8, 4) is 0 Å². The standard InChI is InChI=1S/C11H23NS/c1-9(2)13-11(6,7)8-12-10(3,4)5/h8-9H,1-7H3. The van der Waals surface area contributed by atoms with Crippen molar-refractivity contribution in [2.24, 2.45) is 4.99 Å². The molecule has 0 saturated heterocycles. The molecule has 0 heterocycles. The van der Waals surface area contributed by atoms with Crippen molar-refractivity contribution >= 4 is 18.0 Å². The molecule has 0 aliphatic heterocycles. The fourth-order valence-electron chi connectivity index (χ4n) is 0.987. The van der Waals surface area contributed by atoms with Crippen molar-refractivity contribution in [1.82, 2.24) is 0 Å². The van der Waals surface area contributed by atoms with Gasteiger partial charge in [-0.05, 0) is 39.9 Å². The first-order chi connectivity index (χ1) is 5.62. The summed E-state index contributed by atoms with van der Waals surface area (Å²) < 4.78 is 0.154. The maximum absolute atomic E-state index is 4.54. The SMILES string of the molecule is CC(C)SC(C)(C)C=NC(C)(C)C. The van der Waals surface area contributed by atoms with Crippen LogP contribution in [-0.2, 0) is 0 Å². The first-order valence-corrected chi connectivity index (χ1v) is 5.74. The molecule has 78 valence electrons. The van der Waals surface area contributed by atoms with Crippen molar-refractivity contribution in [3.05, 3.63) is 0 Å². The highest BCUT2D eigenvalue weighted by molar-refractivity contribution is 8.01. The van der Waals surface area contributed by atoms with Crippen LogP contribution in [0.5, 0.6) is 0 Å². The number of hydrogen-bond donors (Lipinski definition) is 0. The van der Waals surface area contributed by atoms with Gasteiger partial charge in [0.1, 0.15) is 0 Å². The summed E-state index contributed by atoms with van der Waals surface area (Å²) in [4.78, 5) is 4.54. The minimum Gasteiger partial charge on any atom is -0.290 e. The Kier molecular flexibility index (Phi) is 4.50. The Bertz CT molecular complexity index is 175. The van der Waals surface area contributed by atoms with Crippen LogP contribution in [-0.4, -0.2) is 21.8 Å². The van der Waals surface area contributed by atoms with E-state index in [0.717, 1.165) is 0 Å². The molecule has 0 amide bonds. The summed E-state index contributed by atoms with van der Waals surface area (Å²) in [5.74, 6) is 0. The van der Waals surface area contributed by atoms with E-state index in [0.29, 0.717) is 5.25 Å². The molecule has 13 heavy (non-hydrogen) atoms. The number of nitrogens with zero attached hydrogens (tertiary/aromatic N) is 1. The Morgan fingerprint density at radius 2 is 1.54 bits per heavy atom. The normalized spacial score (nSPS) is 14.5. The van der Waals surface area contributed by atoms with E-state index in [4.69, 9.17) is 0 Å². The summed E-state index contributed by atoms with van der Waals surface area (Å²) in [7, 11) is 0. The molecule has 0 spiro atoms. The lowest BCUT2D eigenvalue weighted by Crippen LogP contribution is -2.22. The van der Waals surface area contributed by atoms with Gasteiger partial charge in [-0.2, -0.15) is 0 Å². The van der Waals surface area contributed by atoms with Gasteiger partial charge in [-0.15, -0.1) is 11.8 Å². The van der Waals surface area contributed by atoms with E-state index >= 15 is 0 Å². The van der Waals surface area contributed by atoms with Gasteiger partial charge in [0.15, 0.2) is 0 Å².